The van der Waals surface area contributed by atoms with Gasteiger partial charge in [-0.25, -0.2) is 0 Å². The Hall–Kier alpha value is -5.22. The summed E-state index contributed by atoms with van der Waals surface area (Å²) in [7, 11) is 0. The van der Waals surface area contributed by atoms with Gasteiger partial charge in [0.2, 0.25) is 0 Å². The van der Waals surface area contributed by atoms with Crippen molar-refractivity contribution in [1.82, 2.24) is 0 Å². The average molecular weight is 928 g/mol. The van der Waals surface area contributed by atoms with E-state index in [0.717, 1.165) is 98.8 Å². The summed E-state index contributed by atoms with van der Waals surface area (Å²) in [6.07, 6.45) is 17.0. The van der Waals surface area contributed by atoms with Crippen LogP contribution in [0.4, 0.5) is 0 Å². The predicted molar refractivity (Wildman–Crippen MR) is 273 cm³/mol. The standard InChI is InChI=1S/C59H77NO8/c1-3-5-7-9-11-13-29-65-56-46-19-15-21-48(56)42-52-25-18-26-53-43-49-22-16-20-47(57(49)66-30-14-12-10-8-6-4-2)41-51-24-17-23-50(40-46)58(51)67-37-33-61-31-35-63-54-28-27-45(44-60)39-55(54)64-36-32-62-34-38-68-59(52)53/h15-28,39H,3-14,29-38,40-44,60H2,1-2H3. The Balaban J connectivity index is 1.27. The number of hydrogen-bond acceptors (Lipinski definition) is 9. The van der Waals surface area contributed by atoms with E-state index in [4.69, 9.17) is 43.6 Å². The molecule has 366 valence electrons. The van der Waals surface area contributed by atoms with Crippen LogP contribution in [0.15, 0.2) is 91.0 Å². The molecule has 2 N–H and O–H groups in total. The molecule has 2 aliphatic heterocycles. The van der Waals surface area contributed by atoms with Crippen molar-refractivity contribution in [2.24, 2.45) is 5.73 Å². The fraction of sp³-hybridized carbons (Fsp3) is 0.492. The van der Waals surface area contributed by atoms with Crippen molar-refractivity contribution in [3.63, 3.8) is 0 Å². The van der Waals surface area contributed by atoms with Crippen LogP contribution in [0.3, 0.4) is 0 Å². The van der Waals surface area contributed by atoms with Crippen LogP contribution in [0, 0.1) is 0 Å². The fourth-order valence-corrected chi connectivity index (χ4v) is 9.28. The zero-order chi connectivity index (χ0) is 47.0. The molecule has 8 rings (SSSR count). The first-order chi connectivity index (χ1) is 33.6. The van der Waals surface area contributed by atoms with E-state index < -0.39 is 0 Å². The third-order valence-electron chi connectivity index (χ3n) is 12.9. The first-order valence-corrected chi connectivity index (χ1v) is 25.8. The molecule has 0 aromatic heterocycles. The molecular weight excluding hydrogens is 851 g/mol. The van der Waals surface area contributed by atoms with Gasteiger partial charge in [0.25, 0.3) is 0 Å². The van der Waals surface area contributed by atoms with Crippen molar-refractivity contribution in [3.8, 4) is 34.5 Å². The van der Waals surface area contributed by atoms with Gasteiger partial charge in [-0.3, -0.25) is 0 Å². The summed E-state index contributed by atoms with van der Waals surface area (Å²) >= 11 is 0. The second-order valence-corrected chi connectivity index (χ2v) is 18.2. The van der Waals surface area contributed by atoms with Crippen LogP contribution in [-0.4, -0.2) is 66.1 Å². The molecule has 68 heavy (non-hydrogen) atoms. The molecule has 10 bridgehead atoms. The molecule has 5 aromatic rings. The Kier molecular flexibility index (Phi) is 21.1. The number of unbranched alkanes of at least 4 members (excludes halogenated alkanes) is 10. The van der Waals surface area contributed by atoms with E-state index in [9.17, 15) is 0 Å². The largest absolute Gasteiger partial charge is 0.493 e. The first kappa shape index (κ1) is 50.7. The molecule has 3 aliphatic rings. The van der Waals surface area contributed by atoms with Gasteiger partial charge in [0.15, 0.2) is 11.5 Å². The molecule has 9 heteroatoms. The summed E-state index contributed by atoms with van der Waals surface area (Å²) in [5.41, 5.74) is 15.9. The van der Waals surface area contributed by atoms with Gasteiger partial charge >= 0.3 is 0 Å². The monoisotopic (exact) mass is 928 g/mol. The van der Waals surface area contributed by atoms with Gasteiger partial charge in [-0.15, -0.1) is 0 Å². The normalized spacial score (nSPS) is 14.6. The van der Waals surface area contributed by atoms with E-state index in [1.165, 1.54) is 51.4 Å². The van der Waals surface area contributed by atoms with E-state index in [0.29, 0.717) is 110 Å². The summed E-state index contributed by atoms with van der Waals surface area (Å²) in [4.78, 5) is 0. The Bertz CT molecular complexity index is 2160. The lowest BCUT2D eigenvalue weighted by Gasteiger charge is -2.23. The van der Waals surface area contributed by atoms with Crippen molar-refractivity contribution in [3.05, 3.63) is 141 Å². The summed E-state index contributed by atoms with van der Waals surface area (Å²) < 4.78 is 52.2. The maximum absolute atomic E-state index is 6.91. The number of benzene rings is 5. The minimum Gasteiger partial charge on any atom is -0.493 e. The molecule has 2 heterocycles. The van der Waals surface area contributed by atoms with Crippen LogP contribution in [0.25, 0.3) is 0 Å². The quantitative estimate of drug-likeness (QED) is 0.0708. The van der Waals surface area contributed by atoms with Crippen molar-refractivity contribution >= 4 is 0 Å². The number of para-hydroxylation sites is 4. The van der Waals surface area contributed by atoms with Gasteiger partial charge in [0.1, 0.15) is 49.4 Å². The van der Waals surface area contributed by atoms with Gasteiger partial charge in [-0.05, 0) is 75.0 Å². The number of fused-ring (bicyclic) bond motifs is 12. The molecule has 0 radical (unpaired) electrons. The molecule has 9 nitrogen and oxygen atoms in total. The lowest BCUT2D eigenvalue weighted by Crippen LogP contribution is -2.15. The topological polar surface area (TPSA) is 99.9 Å². The van der Waals surface area contributed by atoms with Crippen molar-refractivity contribution in [1.29, 1.82) is 0 Å². The van der Waals surface area contributed by atoms with Gasteiger partial charge in [-0.1, -0.05) is 157 Å². The Morgan fingerprint density at radius 3 is 1.18 bits per heavy atom. The number of hydrogen-bond donors (Lipinski definition) is 1. The summed E-state index contributed by atoms with van der Waals surface area (Å²) in [5.74, 6) is 4.94. The van der Waals surface area contributed by atoms with E-state index in [-0.39, 0.29) is 0 Å². The molecule has 0 amide bonds. The molecule has 0 fully saturated rings. The van der Waals surface area contributed by atoms with Crippen LogP contribution in [0.1, 0.15) is 141 Å². The summed E-state index contributed by atoms with van der Waals surface area (Å²) in [5, 5.41) is 0. The molecule has 1 aliphatic carbocycles. The van der Waals surface area contributed by atoms with Gasteiger partial charge in [0, 0.05) is 32.2 Å². The molecule has 0 spiro atoms. The highest BCUT2D eigenvalue weighted by molar-refractivity contribution is 5.56. The first-order valence-electron chi connectivity index (χ1n) is 25.8. The molecule has 0 unspecified atom stereocenters. The Labute approximate surface area is 406 Å². The van der Waals surface area contributed by atoms with Crippen LogP contribution in [-0.2, 0) is 41.7 Å². The zero-order valence-corrected chi connectivity index (χ0v) is 41.1. The second kappa shape index (κ2) is 28.3. The third-order valence-corrected chi connectivity index (χ3v) is 12.9. The Morgan fingerprint density at radius 1 is 0.397 bits per heavy atom. The zero-order valence-electron chi connectivity index (χ0n) is 41.1. The van der Waals surface area contributed by atoms with E-state index in [1.807, 2.05) is 18.2 Å². The smallest absolute Gasteiger partial charge is 0.161 e. The molecular formula is C59H77NO8. The fourth-order valence-electron chi connectivity index (χ4n) is 9.28. The maximum atomic E-state index is 6.91. The van der Waals surface area contributed by atoms with Crippen molar-refractivity contribution in [2.45, 2.75) is 123 Å². The van der Waals surface area contributed by atoms with Crippen molar-refractivity contribution in [2.75, 3.05) is 66.1 Å². The van der Waals surface area contributed by atoms with Crippen LogP contribution in [0.2, 0.25) is 0 Å². The molecule has 0 saturated carbocycles. The van der Waals surface area contributed by atoms with E-state index in [2.05, 4.69) is 86.6 Å². The highest BCUT2D eigenvalue weighted by Crippen LogP contribution is 2.39. The van der Waals surface area contributed by atoms with Gasteiger partial charge in [-0.2, -0.15) is 0 Å². The summed E-state index contributed by atoms with van der Waals surface area (Å²) in [6, 6.07) is 32.2. The molecule has 5 aromatic carbocycles. The number of rotatable bonds is 17. The minimum absolute atomic E-state index is 0.346. The highest BCUT2D eigenvalue weighted by Gasteiger charge is 2.22. The van der Waals surface area contributed by atoms with E-state index in [1.54, 1.807) is 0 Å². The lowest BCUT2D eigenvalue weighted by molar-refractivity contribution is 0.0695. The number of ether oxygens (including phenoxy) is 8. The SMILES string of the molecule is CCCCCCCCOc1c2cccc1Cc1cccc3c1OCCOCCOc1cc(CN)ccc1OCCOCCOc1c(cccc1Cc1cccc(c1OCCCCCCCC)C3)C2. The van der Waals surface area contributed by atoms with E-state index >= 15 is 0 Å². The second-order valence-electron chi connectivity index (χ2n) is 18.2. The Morgan fingerprint density at radius 2 is 0.765 bits per heavy atom. The molecule has 0 atom stereocenters. The minimum atomic E-state index is 0.346. The number of nitrogens with two attached hydrogens (primary N) is 1. The van der Waals surface area contributed by atoms with Crippen LogP contribution < -0.4 is 34.2 Å². The van der Waals surface area contributed by atoms with Crippen LogP contribution in [0.5, 0.6) is 34.5 Å². The lowest BCUT2D eigenvalue weighted by atomic mass is 9.91. The van der Waals surface area contributed by atoms with Gasteiger partial charge in [0.05, 0.1) is 39.6 Å². The van der Waals surface area contributed by atoms with Crippen molar-refractivity contribution < 1.29 is 37.9 Å². The maximum Gasteiger partial charge on any atom is 0.161 e. The average Bonchev–Trinajstić information content (AvgIpc) is 3.35. The predicted octanol–water partition coefficient (Wildman–Crippen LogP) is 12.6. The highest BCUT2D eigenvalue weighted by atomic mass is 16.6. The third kappa shape index (κ3) is 15.1. The summed E-state index contributed by atoms with van der Waals surface area (Å²) in [6.45, 7) is 9.29. The van der Waals surface area contributed by atoms with Gasteiger partial charge < -0.3 is 43.6 Å². The van der Waals surface area contributed by atoms with Crippen LogP contribution >= 0.6 is 0 Å². The molecule has 0 saturated heterocycles.